The third-order valence-electron chi connectivity index (χ3n) is 5.02. The van der Waals surface area contributed by atoms with E-state index in [4.69, 9.17) is 0 Å². The van der Waals surface area contributed by atoms with Crippen LogP contribution in [0.1, 0.15) is 22.9 Å². The molecule has 0 aliphatic carbocycles. The van der Waals surface area contributed by atoms with Crippen molar-refractivity contribution >= 4 is 34.5 Å². The number of nitrogens with one attached hydrogen (secondary N) is 1. The number of nitrogens with zero attached hydrogens (tertiary/aromatic N) is 1. The summed E-state index contributed by atoms with van der Waals surface area (Å²) in [7, 11) is 0. The van der Waals surface area contributed by atoms with E-state index in [2.05, 4.69) is 5.32 Å². The van der Waals surface area contributed by atoms with E-state index in [1.54, 1.807) is 4.90 Å². The number of thiophene rings is 1. The fourth-order valence-corrected chi connectivity index (χ4v) is 4.47. The fraction of sp³-hybridized carbons (Fsp3) is 0.182. The van der Waals surface area contributed by atoms with Crippen LogP contribution in [0.25, 0.3) is 0 Å². The Morgan fingerprint density at radius 2 is 1.86 bits per heavy atom. The standard InChI is InChI=1S/C22H18F2N2O2S/c1-13-7-9-14(10-8-13)26-19(27)12-15(21(26)18-6-3-11-29-18)22(28)25-17-5-2-4-16(23)20(17)24/h2-11,15,21H,12H2,1H3,(H,25,28). The van der Waals surface area contributed by atoms with E-state index < -0.39 is 29.5 Å². The summed E-state index contributed by atoms with van der Waals surface area (Å²) in [5.74, 6) is -3.59. The molecular formula is C22H18F2N2O2S. The van der Waals surface area contributed by atoms with Crippen molar-refractivity contribution < 1.29 is 18.4 Å². The number of hydrogen-bond acceptors (Lipinski definition) is 3. The lowest BCUT2D eigenvalue weighted by molar-refractivity contribution is -0.122. The van der Waals surface area contributed by atoms with Gasteiger partial charge in [0.25, 0.3) is 0 Å². The lowest BCUT2D eigenvalue weighted by Gasteiger charge is -2.27. The maximum absolute atomic E-state index is 14.0. The Labute approximate surface area is 170 Å². The smallest absolute Gasteiger partial charge is 0.230 e. The molecule has 1 aromatic heterocycles. The molecule has 1 saturated heterocycles. The van der Waals surface area contributed by atoms with Crippen molar-refractivity contribution in [3.63, 3.8) is 0 Å². The molecule has 2 heterocycles. The summed E-state index contributed by atoms with van der Waals surface area (Å²) in [6.07, 6.45) is -0.0147. The Hall–Kier alpha value is -3.06. The zero-order chi connectivity index (χ0) is 20.5. The van der Waals surface area contributed by atoms with Gasteiger partial charge in [-0.25, -0.2) is 8.78 Å². The van der Waals surface area contributed by atoms with Gasteiger partial charge in [0.2, 0.25) is 11.8 Å². The minimum absolute atomic E-state index is 0.0147. The Bertz CT molecular complexity index is 1050. The van der Waals surface area contributed by atoms with Crippen LogP contribution in [0.2, 0.25) is 0 Å². The predicted octanol–water partition coefficient (Wildman–Crippen LogP) is 5.07. The monoisotopic (exact) mass is 412 g/mol. The van der Waals surface area contributed by atoms with Crippen LogP contribution in [0, 0.1) is 24.5 Å². The average Bonchev–Trinajstić information content (AvgIpc) is 3.34. The summed E-state index contributed by atoms with van der Waals surface area (Å²) < 4.78 is 27.5. The Kier molecular flexibility index (Phi) is 5.15. The SMILES string of the molecule is Cc1ccc(N2C(=O)CC(C(=O)Nc3cccc(F)c3F)C2c2cccs2)cc1. The van der Waals surface area contributed by atoms with Crippen molar-refractivity contribution in [2.24, 2.45) is 5.92 Å². The van der Waals surface area contributed by atoms with E-state index in [0.29, 0.717) is 5.69 Å². The van der Waals surface area contributed by atoms with Crippen LogP contribution in [-0.2, 0) is 9.59 Å². The van der Waals surface area contributed by atoms with Crippen molar-refractivity contribution in [1.29, 1.82) is 0 Å². The zero-order valence-electron chi connectivity index (χ0n) is 15.6. The van der Waals surface area contributed by atoms with Crippen molar-refractivity contribution in [1.82, 2.24) is 0 Å². The van der Waals surface area contributed by atoms with E-state index in [1.165, 1.54) is 23.5 Å². The number of hydrogen-bond donors (Lipinski definition) is 1. The van der Waals surface area contributed by atoms with Gasteiger partial charge in [-0.1, -0.05) is 29.8 Å². The molecule has 2 unspecified atom stereocenters. The van der Waals surface area contributed by atoms with Gasteiger partial charge in [-0.05, 0) is 42.6 Å². The van der Waals surface area contributed by atoms with E-state index >= 15 is 0 Å². The largest absolute Gasteiger partial charge is 0.323 e. The molecule has 0 spiro atoms. The second-order valence-corrected chi connectivity index (χ2v) is 7.94. The molecule has 0 radical (unpaired) electrons. The van der Waals surface area contributed by atoms with Gasteiger partial charge >= 0.3 is 0 Å². The molecule has 2 aromatic carbocycles. The lowest BCUT2D eigenvalue weighted by atomic mass is 9.97. The first kappa shape index (κ1) is 19.3. The van der Waals surface area contributed by atoms with Crippen molar-refractivity contribution in [3.05, 3.63) is 82.1 Å². The first-order valence-electron chi connectivity index (χ1n) is 9.12. The van der Waals surface area contributed by atoms with Crippen LogP contribution in [0.3, 0.4) is 0 Å². The molecule has 29 heavy (non-hydrogen) atoms. The van der Waals surface area contributed by atoms with E-state index in [9.17, 15) is 18.4 Å². The predicted molar refractivity (Wildman–Crippen MR) is 109 cm³/mol. The molecule has 1 N–H and O–H groups in total. The van der Waals surface area contributed by atoms with Crippen LogP contribution >= 0.6 is 11.3 Å². The van der Waals surface area contributed by atoms with Crippen LogP contribution in [-0.4, -0.2) is 11.8 Å². The van der Waals surface area contributed by atoms with Crippen molar-refractivity contribution in [3.8, 4) is 0 Å². The third kappa shape index (κ3) is 3.65. The summed E-state index contributed by atoms with van der Waals surface area (Å²) in [5, 5.41) is 4.34. The van der Waals surface area contributed by atoms with Crippen LogP contribution in [0.4, 0.5) is 20.2 Å². The third-order valence-corrected chi connectivity index (χ3v) is 5.96. The summed E-state index contributed by atoms with van der Waals surface area (Å²) in [6, 6.07) is 14.3. The van der Waals surface area contributed by atoms with Gasteiger partial charge in [0.15, 0.2) is 11.6 Å². The molecule has 148 valence electrons. The molecule has 3 aromatic rings. The number of carbonyl (C=O) groups excluding carboxylic acids is 2. The molecule has 1 aliphatic heterocycles. The van der Waals surface area contributed by atoms with E-state index in [0.717, 1.165) is 16.5 Å². The van der Waals surface area contributed by atoms with Gasteiger partial charge in [0.1, 0.15) is 0 Å². The summed E-state index contributed by atoms with van der Waals surface area (Å²) in [6.45, 7) is 1.95. The maximum atomic E-state index is 14.0. The van der Waals surface area contributed by atoms with Gasteiger partial charge in [-0.3, -0.25) is 9.59 Å². The number of rotatable bonds is 4. The molecule has 4 nitrogen and oxygen atoms in total. The highest BCUT2D eigenvalue weighted by Crippen LogP contribution is 2.43. The van der Waals surface area contributed by atoms with Gasteiger partial charge in [0.05, 0.1) is 17.6 Å². The first-order valence-corrected chi connectivity index (χ1v) is 10.0. The maximum Gasteiger partial charge on any atom is 0.230 e. The highest BCUT2D eigenvalue weighted by molar-refractivity contribution is 7.10. The first-order chi connectivity index (χ1) is 14.0. The average molecular weight is 412 g/mol. The molecule has 4 rings (SSSR count). The van der Waals surface area contributed by atoms with Crippen LogP contribution in [0.15, 0.2) is 60.0 Å². The Morgan fingerprint density at radius 3 is 2.55 bits per heavy atom. The van der Waals surface area contributed by atoms with Crippen LogP contribution < -0.4 is 10.2 Å². The number of benzene rings is 2. The Morgan fingerprint density at radius 1 is 1.10 bits per heavy atom. The van der Waals surface area contributed by atoms with Gasteiger partial charge < -0.3 is 10.2 Å². The molecule has 1 fully saturated rings. The highest BCUT2D eigenvalue weighted by Gasteiger charge is 2.45. The summed E-state index contributed by atoms with van der Waals surface area (Å²) in [4.78, 5) is 28.3. The molecule has 2 amide bonds. The van der Waals surface area contributed by atoms with E-state index in [-0.39, 0.29) is 18.0 Å². The number of anilines is 2. The zero-order valence-corrected chi connectivity index (χ0v) is 16.4. The number of carbonyl (C=O) groups is 2. The second kappa shape index (κ2) is 7.75. The molecule has 2 atom stereocenters. The summed E-state index contributed by atoms with van der Waals surface area (Å²) in [5.41, 5.74) is 1.52. The number of aryl methyl sites for hydroxylation is 1. The minimum Gasteiger partial charge on any atom is -0.323 e. The van der Waals surface area contributed by atoms with Gasteiger partial charge in [-0.2, -0.15) is 0 Å². The number of halogens is 2. The van der Waals surface area contributed by atoms with Gasteiger partial charge in [-0.15, -0.1) is 11.3 Å². The second-order valence-electron chi connectivity index (χ2n) is 6.96. The topological polar surface area (TPSA) is 49.4 Å². The molecule has 0 saturated carbocycles. The number of amides is 2. The minimum atomic E-state index is -1.12. The van der Waals surface area contributed by atoms with E-state index in [1.807, 2.05) is 48.7 Å². The van der Waals surface area contributed by atoms with Crippen molar-refractivity contribution in [2.75, 3.05) is 10.2 Å². The highest BCUT2D eigenvalue weighted by atomic mass is 32.1. The lowest BCUT2D eigenvalue weighted by Crippen LogP contribution is -2.32. The van der Waals surface area contributed by atoms with Gasteiger partial charge in [0, 0.05) is 17.0 Å². The molecule has 0 bridgehead atoms. The molecular weight excluding hydrogens is 394 g/mol. The molecule has 1 aliphatic rings. The molecule has 7 heteroatoms. The quantitative estimate of drug-likeness (QED) is 0.651. The Balaban J connectivity index is 1.68. The van der Waals surface area contributed by atoms with Crippen molar-refractivity contribution in [2.45, 2.75) is 19.4 Å². The summed E-state index contributed by atoms with van der Waals surface area (Å²) >= 11 is 1.45. The normalized spacial score (nSPS) is 18.9. The van der Waals surface area contributed by atoms with Crippen LogP contribution in [0.5, 0.6) is 0 Å². The fourth-order valence-electron chi connectivity index (χ4n) is 3.59.